The van der Waals surface area contributed by atoms with E-state index in [1.165, 1.54) is 21.5 Å². The summed E-state index contributed by atoms with van der Waals surface area (Å²) in [5.74, 6) is 0. The van der Waals surface area contributed by atoms with Crippen molar-refractivity contribution in [2.75, 3.05) is 0 Å². The van der Waals surface area contributed by atoms with Crippen molar-refractivity contribution in [1.82, 2.24) is 18.3 Å². The molecule has 10 aromatic carbocycles. The molecule has 4 aromatic heterocycles. The van der Waals surface area contributed by atoms with Gasteiger partial charge in [0.05, 0.1) is 66.6 Å². The highest BCUT2D eigenvalue weighted by molar-refractivity contribution is 6.14. The highest BCUT2D eigenvalue weighted by atomic mass is 15.0. The molecule has 0 spiro atoms. The predicted octanol–water partition coefficient (Wildman–Crippen LogP) is 15.5. The number of benzene rings is 10. The summed E-state index contributed by atoms with van der Waals surface area (Å²) in [6.07, 6.45) is 0. The first kappa shape index (κ1) is 37.7. The molecule has 0 N–H and O–H groups in total. The number of aromatic nitrogens is 4. The van der Waals surface area contributed by atoms with Gasteiger partial charge < -0.3 is 18.3 Å². The van der Waals surface area contributed by atoms with Crippen LogP contribution in [0.4, 0.5) is 0 Å². The summed E-state index contributed by atoms with van der Waals surface area (Å²) in [4.78, 5) is 0. The Labute approximate surface area is 389 Å². The lowest BCUT2D eigenvalue weighted by molar-refractivity contribution is 1.15. The highest BCUT2D eigenvalue weighted by Gasteiger charge is 2.21. The molecule has 0 amide bonds. The van der Waals surface area contributed by atoms with E-state index in [0.717, 1.165) is 99.6 Å². The van der Waals surface area contributed by atoms with Gasteiger partial charge in [0.15, 0.2) is 0 Å². The first-order chi connectivity index (χ1) is 33.7. The van der Waals surface area contributed by atoms with Crippen molar-refractivity contribution in [3.05, 3.63) is 230 Å². The Kier molecular flexibility index (Phi) is 8.01. The van der Waals surface area contributed by atoms with Gasteiger partial charge in [0, 0.05) is 54.5 Å². The van der Waals surface area contributed by atoms with E-state index in [0.29, 0.717) is 11.1 Å². The number of nitrogens with zero attached hydrogens (tertiary/aromatic N) is 6. The van der Waals surface area contributed by atoms with Gasteiger partial charge in [-0.2, -0.15) is 10.5 Å². The standard InChI is InChI=1S/C62H36N6/c63-37-41-27-25-39(33-61(41)67-57-23-11-5-17-49(57)51-35-43(29-31-59(51)67)65-53-19-7-1-13-45(53)46-14-2-8-20-54(46)65)40-26-28-42(38-64)62(34-40)68-58-24-12-6-18-50(58)52-36-44(30-32-60(52)68)66-55-21-9-3-15-47(55)48-16-4-10-22-56(48)66/h1-36H. The van der Waals surface area contributed by atoms with Crippen LogP contribution < -0.4 is 0 Å². The Hall–Kier alpha value is -9.62. The second-order valence-corrected chi connectivity index (χ2v) is 17.5. The molecule has 14 aromatic rings. The minimum Gasteiger partial charge on any atom is -0.309 e. The zero-order valence-corrected chi connectivity index (χ0v) is 36.5. The van der Waals surface area contributed by atoms with Crippen LogP contribution in [-0.2, 0) is 0 Å². The molecular formula is C62H36N6. The third-order valence-corrected chi connectivity index (χ3v) is 14.0. The third kappa shape index (κ3) is 5.31. The topological polar surface area (TPSA) is 67.3 Å². The molecule has 0 saturated carbocycles. The minimum absolute atomic E-state index is 0.568. The molecule has 0 aliphatic heterocycles. The fourth-order valence-electron chi connectivity index (χ4n) is 11.1. The van der Waals surface area contributed by atoms with Crippen molar-refractivity contribution in [1.29, 1.82) is 10.5 Å². The Morgan fingerprint density at radius 1 is 0.250 bits per heavy atom. The smallest absolute Gasteiger partial charge is 0.101 e. The monoisotopic (exact) mass is 864 g/mol. The second-order valence-electron chi connectivity index (χ2n) is 17.5. The molecule has 0 fully saturated rings. The number of rotatable bonds is 5. The lowest BCUT2D eigenvalue weighted by Crippen LogP contribution is -2.00. The van der Waals surface area contributed by atoms with E-state index in [-0.39, 0.29) is 0 Å². The van der Waals surface area contributed by atoms with E-state index in [1.807, 2.05) is 24.3 Å². The molecule has 0 unspecified atom stereocenters. The second kappa shape index (κ2) is 14.4. The van der Waals surface area contributed by atoms with Crippen LogP contribution in [0.3, 0.4) is 0 Å². The molecule has 0 radical (unpaired) electrons. The average molecular weight is 865 g/mol. The summed E-state index contributed by atoms with van der Waals surface area (Å²) in [5, 5.41) is 30.7. The predicted molar refractivity (Wildman–Crippen MR) is 279 cm³/mol. The maximum absolute atomic E-state index is 10.7. The largest absolute Gasteiger partial charge is 0.309 e. The van der Waals surface area contributed by atoms with Gasteiger partial charge in [0.2, 0.25) is 0 Å². The van der Waals surface area contributed by atoms with Crippen LogP contribution >= 0.6 is 0 Å². The van der Waals surface area contributed by atoms with Gasteiger partial charge in [-0.15, -0.1) is 0 Å². The van der Waals surface area contributed by atoms with E-state index in [4.69, 9.17) is 0 Å². The molecule has 0 bridgehead atoms. The maximum Gasteiger partial charge on any atom is 0.101 e. The summed E-state index contributed by atoms with van der Waals surface area (Å²) in [6.45, 7) is 0. The fraction of sp³-hybridized carbons (Fsp3) is 0. The Balaban J connectivity index is 0.937. The van der Waals surface area contributed by atoms with Crippen molar-refractivity contribution >= 4 is 87.2 Å². The van der Waals surface area contributed by atoms with Crippen LogP contribution in [-0.4, -0.2) is 18.3 Å². The van der Waals surface area contributed by atoms with E-state index in [9.17, 15) is 10.5 Å². The summed E-state index contributed by atoms with van der Waals surface area (Å²) >= 11 is 0. The van der Waals surface area contributed by atoms with E-state index >= 15 is 0 Å². The zero-order valence-electron chi connectivity index (χ0n) is 36.5. The highest BCUT2D eigenvalue weighted by Crippen LogP contribution is 2.41. The molecule has 6 heteroatoms. The molecule has 0 atom stereocenters. The zero-order chi connectivity index (χ0) is 45.0. The number of hydrogen-bond acceptors (Lipinski definition) is 2. The van der Waals surface area contributed by atoms with Crippen molar-refractivity contribution in [3.8, 4) is 46.0 Å². The normalized spacial score (nSPS) is 11.8. The van der Waals surface area contributed by atoms with Crippen LogP contribution in [0.15, 0.2) is 218 Å². The van der Waals surface area contributed by atoms with Gasteiger partial charge in [0.1, 0.15) is 12.1 Å². The van der Waals surface area contributed by atoms with Crippen LogP contribution in [0.2, 0.25) is 0 Å². The van der Waals surface area contributed by atoms with Gasteiger partial charge in [-0.25, -0.2) is 0 Å². The lowest BCUT2D eigenvalue weighted by atomic mass is 9.99. The van der Waals surface area contributed by atoms with Crippen molar-refractivity contribution in [3.63, 3.8) is 0 Å². The first-order valence-corrected chi connectivity index (χ1v) is 22.8. The number of nitriles is 2. The molecule has 0 aliphatic carbocycles. The molecule has 6 nitrogen and oxygen atoms in total. The summed E-state index contributed by atoms with van der Waals surface area (Å²) in [7, 11) is 0. The van der Waals surface area contributed by atoms with Gasteiger partial charge in [0.25, 0.3) is 0 Å². The molecule has 68 heavy (non-hydrogen) atoms. The van der Waals surface area contributed by atoms with Crippen LogP contribution in [0.1, 0.15) is 11.1 Å². The van der Waals surface area contributed by atoms with Crippen molar-refractivity contribution < 1.29 is 0 Å². The number of para-hydroxylation sites is 6. The molecule has 314 valence electrons. The summed E-state index contributed by atoms with van der Waals surface area (Å²) in [6, 6.07) is 81.7. The van der Waals surface area contributed by atoms with Crippen LogP contribution in [0.5, 0.6) is 0 Å². The van der Waals surface area contributed by atoms with Crippen LogP contribution in [0.25, 0.3) is 121 Å². The number of hydrogen-bond donors (Lipinski definition) is 0. The molecule has 0 saturated heterocycles. The summed E-state index contributed by atoms with van der Waals surface area (Å²) < 4.78 is 9.16. The van der Waals surface area contributed by atoms with Gasteiger partial charge in [-0.05, 0) is 108 Å². The third-order valence-electron chi connectivity index (χ3n) is 14.0. The van der Waals surface area contributed by atoms with E-state index < -0.39 is 0 Å². The molecule has 0 aliphatic rings. The van der Waals surface area contributed by atoms with E-state index in [1.54, 1.807) is 0 Å². The quantitative estimate of drug-likeness (QED) is 0.173. The van der Waals surface area contributed by atoms with Gasteiger partial charge in [-0.1, -0.05) is 121 Å². The van der Waals surface area contributed by atoms with Crippen molar-refractivity contribution in [2.45, 2.75) is 0 Å². The summed E-state index contributed by atoms with van der Waals surface area (Å²) in [5.41, 5.74) is 15.4. The van der Waals surface area contributed by atoms with Crippen molar-refractivity contribution in [2.24, 2.45) is 0 Å². The molecule has 4 heterocycles. The van der Waals surface area contributed by atoms with E-state index in [2.05, 4.69) is 225 Å². The number of fused-ring (bicyclic) bond motifs is 12. The Bertz CT molecular complexity index is 4140. The minimum atomic E-state index is 0.568. The fourth-order valence-corrected chi connectivity index (χ4v) is 11.1. The first-order valence-electron chi connectivity index (χ1n) is 22.8. The van der Waals surface area contributed by atoms with Gasteiger partial charge >= 0.3 is 0 Å². The molecule has 14 rings (SSSR count). The lowest BCUT2D eigenvalue weighted by Gasteiger charge is -2.15. The Morgan fingerprint density at radius 2 is 0.529 bits per heavy atom. The van der Waals surface area contributed by atoms with Gasteiger partial charge in [-0.3, -0.25) is 0 Å². The maximum atomic E-state index is 10.7. The van der Waals surface area contributed by atoms with Crippen LogP contribution in [0, 0.1) is 22.7 Å². The SMILES string of the molecule is N#Cc1ccc(-c2ccc(C#N)c(-n3c4ccccc4c4cc(-n5c6ccccc6c6ccccc65)ccc43)c2)cc1-n1c2ccccc2c2cc(-n3c4ccccc4c4ccccc43)ccc21. The molecular weight excluding hydrogens is 829 g/mol. The Morgan fingerprint density at radius 3 is 0.853 bits per heavy atom. The average Bonchev–Trinajstić information content (AvgIpc) is 4.13.